The minimum absolute atomic E-state index is 0.0192. The van der Waals surface area contributed by atoms with E-state index in [2.05, 4.69) is 5.32 Å². The summed E-state index contributed by atoms with van der Waals surface area (Å²) in [7, 11) is 0. The maximum atomic E-state index is 14.1. The number of benzene rings is 1. The number of hydrogen-bond acceptors (Lipinski definition) is 3. The summed E-state index contributed by atoms with van der Waals surface area (Å²) in [6.07, 6.45) is 1.53. The summed E-state index contributed by atoms with van der Waals surface area (Å²) < 4.78 is 27.8. The Morgan fingerprint density at radius 3 is 2.90 bits per heavy atom. The van der Waals surface area contributed by atoms with E-state index < -0.39 is 11.6 Å². The van der Waals surface area contributed by atoms with Crippen molar-refractivity contribution >= 4 is 11.6 Å². The lowest BCUT2D eigenvalue weighted by Gasteiger charge is -2.37. The second-order valence-electron chi connectivity index (χ2n) is 5.13. The van der Waals surface area contributed by atoms with E-state index in [1.807, 2.05) is 0 Å². The van der Waals surface area contributed by atoms with Crippen LogP contribution in [0.25, 0.3) is 0 Å². The van der Waals surface area contributed by atoms with Crippen LogP contribution in [-0.4, -0.2) is 25.0 Å². The molecule has 2 fully saturated rings. The third kappa shape index (κ3) is 1.82. The third-order valence-electron chi connectivity index (χ3n) is 4.09. The van der Waals surface area contributed by atoms with Crippen molar-refractivity contribution in [3.63, 3.8) is 0 Å². The zero-order chi connectivity index (χ0) is 14.3. The summed E-state index contributed by atoms with van der Waals surface area (Å²) >= 11 is 0. The number of piperidine rings is 1. The molecule has 2 saturated heterocycles. The molecule has 0 spiro atoms. The van der Waals surface area contributed by atoms with Gasteiger partial charge in [-0.2, -0.15) is 5.26 Å². The molecular formula is C14H13F2N3O. The molecule has 2 atom stereocenters. The zero-order valence-electron chi connectivity index (χ0n) is 10.7. The molecular weight excluding hydrogens is 264 g/mol. The predicted octanol–water partition coefficient (Wildman–Crippen LogP) is 1.55. The van der Waals surface area contributed by atoms with E-state index in [0.29, 0.717) is 13.1 Å². The lowest BCUT2D eigenvalue weighted by Crippen LogP contribution is -2.46. The first-order valence-corrected chi connectivity index (χ1v) is 6.56. The van der Waals surface area contributed by atoms with Crippen molar-refractivity contribution in [2.45, 2.75) is 18.9 Å². The predicted molar refractivity (Wildman–Crippen MR) is 67.9 cm³/mol. The van der Waals surface area contributed by atoms with Crippen LogP contribution in [0.2, 0.25) is 0 Å². The molecule has 104 valence electrons. The molecule has 1 aromatic carbocycles. The Hall–Kier alpha value is -2.16. The fraction of sp³-hybridized carbons (Fsp3) is 0.429. The number of carbonyl (C=O) groups is 1. The highest BCUT2D eigenvalue weighted by molar-refractivity contribution is 5.83. The Morgan fingerprint density at radius 2 is 2.15 bits per heavy atom. The van der Waals surface area contributed by atoms with Crippen molar-refractivity contribution in [1.29, 1.82) is 5.26 Å². The van der Waals surface area contributed by atoms with Gasteiger partial charge in [-0.3, -0.25) is 4.79 Å². The summed E-state index contributed by atoms with van der Waals surface area (Å²) in [5, 5.41) is 11.5. The van der Waals surface area contributed by atoms with Gasteiger partial charge in [-0.1, -0.05) is 0 Å². The first-order valence-electron chi connectivity index (χ1n) is 6.56. The van der Waals surface area contributed by atoms with Gasteiger partial charge in [-0.15, -0.1) is 0 Å². The van der Waals surface area contributed by atoms with Crippen molar-refractivity contribution in [3.8, 4) is 6.07 Å². The summed E-state index contributed by atoms with van der Waals surface area (Å²) in [4.78, 5) is 13.4. The second-order valence-corrected chi connectivity index (χ2v) is 5.13. The van der Waals surface area contributed by atoms with Crippen LogP contribution in [0.1, 0.15) is 18.4 Å². The van der Waals surface area contributed by atoms with Crippen LogP contribution in [0.15, 0.2) is 12.1 Å². The SMILES string of the molecule is N#Cc1ccc(N2CCCC3C(=O)NCC32)c(F)c1F. The minimum Gasteiger partial charge on any atom is -0.364 e. The molecule has 1 aromatic rings. The maximum absolute atomic E-state index is 14.1. The molecule has 0 aliphatic carbocycles. The largest absolute Gasteiger partial charge is 0.364 e. The second kappa shape index (κ2) is 4.75. The Bertz CT molecular complexity index is 611. The molecule has 2 aliphatic rings. The number of nitriles is 1. The Balaban J connectivity index is 1.99. The summed E-state index contributed by atoms with van der Waals surface area (Å²) in [5.41, 5.74) is -0.173. The number of anilines is 1. The highest BCUT2D eigenvalue weighted by Crippen LogP contribution is 2.34. The molecule has 1 amide bonds. The molecule has 2 aliphatic heterocycles. The Labute approximate surface area is 115 Å². The smallest absolute Gasteiger partial charge is 0.225 e. The number of nitrogens with zero attached hydrogens (tertiary/aromatic N) is 2. The van der Waals surface area contributed by atoms with E-state index in [0.717, 1.165) is 12.8 Å². The Morgan fingerprint density at radius 1 is 1.35 bits per heavy atom. The molecule has 6 heteroatoms. The lowest BCUT2D eigenvalue weighted by molar-refractivity contribution is -0.123. The molecule has 0 radical (unpaired) electrons. The van der Waals surface area contributed by atoms with Crippen LogP contribution in [-0.2, 0) is 4.79 Å². The van der Waals surface area contributed by atoms with E-state index in [1.165, 1.54) is 12.1 Å². The summed E-state index contributed by atoms with van der Waals surface area (Å²) in [5.74, 6) is -2.32. The van der Waals surface area contributed by atoms with E-state index in [9.17, 15) is 13.6 Å². The third-order valence-corrected chi connectivity index (χ3v) is 4.09. The number of rotatable bonds is 1. The van der Waals surface area contributed by atoms with Gasteiger partial charge in [0.25, 0.3) is 0 Å². The van der Waals surface area contributed by atoms with Crippen molar-refractivity contribution in [3.05, 3.63) is 29.3 Å². The van der Waals surface area contributed by atoms with Crippen molar-refractivity contribution in [2.75, 3.05) is 18.0 Å². The van der Waals surface area contributed by atoms with Gasteiger partial charge in [-0.25, -0.2) is 8.78 Å². The first kappa shape index (κ1) is 12.9. The molecule has 0 saturated carbocycles. The van der Waals surface area contributed by atoms with Crippen LogP contribution in [0.5, 0.6) is 0 Å². The number of halogens is 2. The van der Waals surface area contributed by atoms with Gasteiger partial charge >= 0.3 is 0 Å². The molecule has 4 nitrogen and oxygen atoms in total. The molecule has 0 aromatic heterocycles. The molecule has 1 N–H and O–H groups in total. The standard InChI is InChI=1S/C14H13F2N3O/c15-12-8(6-17)3-4-10(13(12)16)19-5-1-2-9-11(19)7-18-14(9)20/h3-4,9,11H,1-2,5,7H2,(H,18,20). The molecule has 20 heavy (non-hydrogen) atoms. The fourth-order valence-corrected chi connectivity index (χ4v) is 3.10. The van der Waals surface area contributed by atoms with E-state index in [1.54, 1.807) is 11.0 Å². The quantitative estimate of drug-likeness (QED) is 0.847. The summed E-state index contributed by atoms with van der Waals surface area (Å²) in [6, 6.07) is 4.18. The van der Waals surface area contributed by atoms with Crippen LogP contribution >= 0.6 is 0 Å². The highest BCUT2D eigenvalue weighted by atomic mass is 19.2. The molecule has 2 unspecified atom stereocenters. The highest BCUT2D eigenvalue weighted by Gasteiger charge is 2.41. The van der Waals surface area contributed by atoms with Gasteiger partial charge in [0.05, 0.1) is 23.2 Å². The average Bonchev–Trinajstić information content (AvgIpc) is 2.84. The van der Waals surface area contributed by atoms with Gasteiger partial charge in [0, 0.05) is 13.1 Å². The van der Waals surface area contributed by atoms with Crippen LogP contribution in [0.4, 0.5) is 14.5 Å². The van der Waals surface area contributed by atoms with E-state index in [-0.39, 0.29) is 29.1 Å². The normalized spacial score (nSPS) is 25.1. The van der Waals surface area contributed by atoms with Crippen LogP contribution in [0, 0.1) is 28.9 Å². The van der Waals surface area contributed by atoms with Gasteiger partial charge in [-0.05, 0) is 25.0 Å². The maximum Gasteiger partial charge on any atom is 0.225 e. The van der Waals surface area contributed by atoms with E-state index in [4.69, 9.17) is 5.26 Å². The van der Waals surface area contributed by atoms with Crippen LogP contribution < -0.4 is 10.2 Å². The van der Waals surface area contributed by atoms with Gasteiger partial charge in [0.1, 0.15) is 6.07 Å². The van der Waals surface area contributed by atoms with Crippen LogP contribution in [0.3, 0.4) is 0 Å². The number of fused-ring (bicyclic) bond motifs is 1. The zero-order valence-corrected chi connectivity index (χ0v) is 10.7. The van der Waals surface area contributed by atoms with Crippen molar-refractivity contribution in [1.82, 2.24) is 5.32 Å². The van der Waals surface area contributed by atoms with Gasteiger partial charge < -0.3 is 10.2 Å². The Kier molecular flexibility index (Phi) is 3.05. The average molecular weight is 277 g/mol. The van der Waals surface area contributed by atoms with Gasteiger partial charge in [0.2, 0.25) is 5.91 Å². The van der Waals surface area contributed by atoms with Crippen molar-refractivity contribution < 1.29 is 13.6 Å². The van der Waals surface area contributed by atoms with E-state index >= 15 is 0 Å². The van der Waals surface area contributed by atoms with Crippen molar-refractivity contribution in [2.24, 2.45) is 5.92 Å². The number of carbonyl (C=O) groups excluding carboxylic acids is 1. The lowest BCUT2D eigenvalue weighted by atomic mass is 9.91. The summed E-state index contributed by atoms with van der Waals surface area (Å²) in [6.45, 7) is 1.03. The molecule has 3 rings (SSSR count). The number of amides is 1. The molecule has 0 bridgehead atoms. The topological polar surface area (TPSA) is 56.1 Å². The fourth-order valence-electron chi connectivity index (χ4n) is 3.10. The number of nitrogens with one attached hydrogen (secondary N) is 1. The first-order chi connectivity index (χ1) is 9.63. The monoisotopic (exact) mass is 277 g/mol. The molecule has 2 heterocycles. The van der Waals surface area contributed by atoms with Gasteiger partial charge in [0.15, 0.2) is 11.6 Å². The number of hydrogen-bond donors (Lipinski definition) is 1. The minimum atomic E-state index is -1.12.